The smallest absolute Gasteiger partial charge is 0.0630 e. The first-order valence-corrected chi connectivity index (χ1v) is 7.70. The normalized spacial score (nSPS) is 16.4. The Hall–Kier alpha value is -1.77. The van der Waals surface area contributed by atoms with E-state index in [0.29, 0.717) is 0 Å². The highest BCUT2D eigenvalue weighted by atomic mass is 14.9. The number of hydrogen-bond acceptors (Lipinski definition) is 3. The average molecular weight is 269 g/mol. The van der Waals surface area contributed by atoms with Gasteiger partial charge in [0.1, 0.15) is 0 Å². The van der Waals surface area contributed by atoms with Crippen LogP contribution in [0.4, 0.5) is 11.4 Å². The van der Waals surface area contributed by atoms with Crippen LogP contribution in [0.3, 0.4) is 0 Å². The summed E-state index contributed by atoms with van der Waals surface area (Å²) in [5.74, 6) is 0.905. The van der Waals surface area contributed by atoms with Gasteiger partial charge >= 0.3 is 0 Å². The molecule has 3 N–H and O–H groups in total. The summed E-state index contributed by atoms with van der Waals surface area (Å²) in [5, 5.41) is 5.69. The van der Waals surface area contributed by atoms with E-state index in [9.17, 15) is 0 Å². The molecule has 0 bridgehead atoms. The second-order valence-electron chi connectivity index (χ2n) is 5.84. The number of benzene rings is 1. The lowest BCUT2D eigenvalue weighted by Gasteiger charge is -2.22. The minimum absolute atomic E-state index is 0.841. The fraction of sp³-hybridized carbons (Fsp3) is 0.471. The summed E-state index contributed by atoms with van der Waals surface area (Å²) >= 11 is 0. The highest BCUT2D eigenvalue weighted by Crippen LogP contribution is 2.29. The molecule has 0 aliphatic heterocycles. The highest BCUT2D eigenvalue weighted by Gasteiger charge is 2.13. The van der Waals surface area contributed by atoms with Gasteiger partial charge in [-0.05, 0) is 24.5 Å². The lowest BCUT2D eigenvalue weighted by Crippen LogP contribution is -2.12. The van der Waals surface area contributed by atoms with Crippen LogP contribution in [-0.4, -0.2) is 11.5 Å². The Morgan fingerprint density at radius 3 is 2.85 bits per heavy atom. The number of rotatable bonds is 4. The molecule has 1 aromatic heterocycles. The number of nitrogens with zero attached hydrogens (tertiary/aromatic N) is 1. The summed E-state index contributed by atoms with van der Waals surface area (Å²) in [4.78, 5) is 4.13. The van der Waals surface area contributed by atoms with E-state index in [2.05, 4.69) is 22.4 Å². The van der Waals surface area contributed by atoms with E-state index in [4.69, 9.17) is 5.73 Å². The molecule has 1 heterocycles. The molecule has 0 radical (unpaired) electrons. The van der Waals surface area contributed by atoms with Crippen molar-refractivity contribution in [2.45, 2.75) is 38.5 Å². The van der Waals surface area contributed by atoms with Gasteiger partial charge < -0.3 is 11.1 Å². The fourth-order valence-corrected chi connectivity index (χ4v) is 3.23. The number of nitrogens with one attached hydrogen (secondary N) is 1. The first-order chi connectivity index (χ1) is 9.84. The van der Waals surface area contributed by atoms with Gasteiger partial charge in [-0.3, -0.25) is 4.98 Å². The van der Waals surface area contributed by atoms with Gasteiger partial charge in [0, 0.05) is 29.7 Å². The molecule has 3 nitrogen and oxygen atoms in total. The Kier molecular flexibility index (Phi) is 4.05. The zero-order chi connectivity index (χ0) is 13.8. The Morgan fingerprint density at radius 1 is 1.15 bits per heavy atom. The predicted octanol–water partition coefficient (Wildman–Crippen LogP) is 4.20. The van der Waals surface area contributed by atoms with E-state index in [1.54, 1.807) is 6.20 Å². The van der Waals surface area contributed by atoms with E-state index >= 15 is 0 Å². The molecule has 1 aliphatic carbocycles. The quantitative estimate of drug-likeness (QED) is 0.818. The van der Waals surface area contributed by atoms with Crippen molar-refractivity contribution < 1.29 is 0 Å². The van der Waals surface area contributed by atoms with Gasteiger partial charge in [0.15, 0.2) is 0 Å². The second kappa shape index (κ2) is 6.12. The van der Waals surface area contributed by atoms with Crippen LogP contribution in [0, 0.1) is 5.92 Å². The Bertz CT molecular complexity index is 573. The Balaban J connectivity index is 1.63. The van der Waals surface area contributed by atoms with E-state index in [-0.39, 0.29) is 0 Å². The summed E-state index contributed by atoms with van der Waals surface area (Å²) in [6.07, 6.45) is 12.0. The number of aromatic nitrogens is 1. The first-order valence-electron chi connectivity index (χ1n) is 7.70. The molecule has 3 rings (SSSR count). The number of anilines is 2. The fourth-order valence-electron chi connectivity index (χ4n) is 3.23. The molecule has 0 spiro atoms. The molecule has 2 aromatic rings. The average Bonchev–Trinajstić information content (AvgIpc) is 2.51. The molecule has 0 atom stereocenters. The van der Waals surface area contributed by atoms with E-state index in [0.717, 1.165) is 34.6 Å². The van der Waals surface area contributed by atoms with Crippen LogP contribution < -0.4 is 11.1 Å². The third-order valence-corrected chi connectivity index (χ3v) is 4.45. The zero-order valence-electron chi connectivity index (χ0n) is 11.9. The van der Waals surface area contributed by atoms with Crippen LogP contribution in [0.2, 0.25) is 0 Å². The summed E-state index contributed by atoms with van der Waals surface area (Å²) in [7, 11) is 0. The number of nitrogen functional groups attached to an aromatic ring is 1. The number of pyridine rings is 1. The van der Waals surface area contributed by atoms with E-state index < -0.39 is 0 Å². The van der Waals surface area contributed by atoms with Crippen LogP contribution in [0.1, 0.15) is 38.5 Å². The van der Waals surface area contributed by atoms with Gasteiger partial charge in [0.2, 0.25) is 0 Å². The maximum atomic E-state index is 6.25. The second-order valence-corrected chi connectivity index (χ2v) is 5.84. The van der Waals surface area contributed by atoms with Crippen molar-refractivity contribution in [2.24, 2.45) is 5.92 Å². The molecule has 1 saturated carbocycles. The zero-order valence-corrected chi connectivity index (χ0v) is 11.9. The summed E-state index contributed by atoms with van der Waals surface area (Å²) in [5.41, 5.74) is 8.14. The Morgan fingerprint density at radius 2 is 2.00 bits per heavy atom. The minimum Gasteiger partial charge on any atom is -0.397 e. The van der Waals surface area contributed by atoms with Crippen molar-refractivity contribution >= 4 is 22.1 Å². The van der Waals surface area contributed by atoms with Crippen LogP contribution in [0.15, 0.2) is 30.6 Å². The minimum atomic E-state index is 0.841. The number of fused-ring (bicyclic) bond motifs is 1. The summed E-state index contributed by atoms with van der Waals surface area (Å²) in [6.45, 7) is 1.02. The van der Waals surface area contributed by atoms with E-state index in [1.165, 1.54) is 38.5 Å². The van der Waals surface area contributed by atoms with Crippen LogP contribution in [-0.2, 0) is 0 Å². The SMILES string of the molecule is Nc1c(NCCC2CCCCC2)ccc2cnccc12. The van der Waals surface area contributed by atoms with Gasteiger partial charge in [-0.25, -0.2) is 0 Å². The largest absolute Gasteiger partial charge is 0.397 e. The van der Waals surface area contributed by atoms with Gasteiger partial charge in [-0.15, -0.1) is 0 Å². The highest BCUT2D eigenvalue weighted by molar-refractivity contribution is 5.98. The molecule has 0 unspecified atom stereocenters. The molecular formula is C17H23N3. The predicted molar refractivity (Wildman–Crippen MR) is 85.8 cm³/mol. The lowest BCUT2D eigenvalue weighted by molar-refractivity contribution is 0.345. The van der Waals surface area contributed by atoms with Crippen LogP contribution >= 0.6 is 0 Å². The van der Waals surface area contributed by atoms with E-state index in [1.807, 2.05) is 12.3 Å². The van der Waals surface area contributed by atoms with Crippen LogP contribution in [0.5, 0.6) is 0 Å². The van der Waals surface area contributed by atoms with Crippen LogP contribution in [0.25, 0.3) is 10.8 Å². The maximum Gasteiger partial charge on any atom is 0.0630 e. The number of nitrogens with two attached hydrogens (primary N) is 1. The van der Waals surface area contributed by atoms with Gasteiger partial charge in [0.25, 0.3) is 0 Å². The molecule has 0 saturated heterocycles. The molecule has 0 amide bonds. The molecule has 1 aliphatic rings. The van der Waals surface area contributed by atoms with Crippen molar-refractivity contribution in [3.8, 4) is 0 Å². The van der Waals surface area contributed by atoms with Crippen molar-refractivity contribution in [1.82, 2.24) is 4.98 Å². The Labute approximate surface area is 120 Å². The molecule has 3 heteroatoms. The van der Waals surface area contributed by atoms with Crippen molar-refractivity contribution in [3.05, 3.63) is 30.6 Å². The van der Waals surface area contributed by atoms with Crippen molar-refractivity contribution in [3.63, 3.8) is 0 Å². The standard InChI is InChI=1S/C17H23N3/c18-17-15-9-10-19-12-14(15)6-7-16(17)20-11-8-13-4-2-1-3-5-13/h6-7,9-10,12-13,20H,1-5,8,11,18H2. The van der Waals surface area contributed by atoms with Gasteiger partial charge in [-0.1, -0.05) is 38.2 Å². The lowest BCUT2D eigenvalue weighted by atomic mass is 9.87. The van der Waals surface area contributed by atoms with Gasteiger partial charge in [-0.2, -0.15) is 0 Å². The molecule has 1 fully saturated rings. The summed E-state index contributed by atoms with van der Waals surface area (Å²) < 4.78 is 0. The third-order valence-electron chi connectivity index (χ3n) is 4.45. The monoisotopic (exact) mass is 269 g/mol. The molecular weight excluding hydrogens is 246 g/mol. The molecule has 20 heavy (non-hydrogen) atoms. The van der Waals surface area contributed by atoms with Gasteiger partial charge in [0.05, 0.1) is 11.4 Å². The topological polar surface area (TPSA) is 50.9 Å². The first kappa shape index (κ1) is 13.2. The van der Waals surface area contributed by atoms with Crippen molar-refractivity contribution in [1.29, 1.82) is 0 Å². The third kappa shape index (κ3) is 2.87. The molecule has 106 valence electrons. The summed E-state index contributed by atoms with van der Waals surface area (Å²) in [6, 6.07) is 6.14. The molecule has 1 aromatic carbocycles. The van der Waals surface area contributed by atoms with Crippen molar-refractivity contribution in [2.75, 3.05) is 17.6 Å². The number of hydrogen-bond donors (Lipinski definition) is 2. The maximum absolute atomic E-state index is 6.25.